The Hall–Kier alpha value is -1.61. The lowest BCUT2D eigenvalue weighted by atomic mass is 10.0. The van der Waals surface area contributed by atoms with E-state index in [1.165, 1.54) is 10.4 Å². The van der Waals surface area contributed by atoms with Crippen LogP contribution in [-0.4, -0.2) is 50.0 Å². The van der Waals surface area contributed by atoms with Crippen molar-refractivity contribution in [3.63, 3.8) is 0 Å². The number of fused-ring (bicyclic) bond motifs is 1. The Balaban J connectivity index is 0.00000280. The van der Waals surface area contributed by atoms with Crippen LogP contribution in [0.2, 0.25) is 0 Å². The van der Waals surface area contributed by atoms with Gasteiger partial charge in [0.25, 0.3) is 0 Å². The van der Waals surface area contributed by atoms with Crippen molar-refractivity contribution in [2.45, 2.75) is 26.2 Å². The van der Waals surface area contributed by atoms with E-state index < -0.39 is 0 Å². The summed E-state index contributed by atoms with van der Waals surface area (Å²) >= 11 is 1.77. The first-order valence-electron chi connectivity index (χ1n) is 9.59. The van der Waals surface area contributed by atoms with E-state index in [2.05, 4.69) is 38.8 Å². The fraction of sp³-hybridized carbons (Fsp3) is 0.429. The highest BCUT2D eigenvalue weighted by Crippen LogP contribution is 2.26. The van der Waals surface area contributed by atoms with Crippen molar-refractivity contribution in [1.82, 2.24) is 10.2 Å². The number of carbonyl (C=O) groups is 1. The van der Waals surface area contributed by atoms with Gasteiger partial charge in [-0.3, -0.25) is 4.79 Å². The summed E-state index contributed by atoms with van der Waals surface area (Å²) in [5.74, 6) is 0.844. The Morgan fingerprint density at radius 2 is 2.11 bits per heavy atom. The topological polar surface area (TPSA) is 47.9 Å². The van der Waals surface area contributed by atoms with Crippen LogP contribution in [-0.2, 0) is 17.6 Å². The maximum Gasteiger partial charge on any atom is 0.248 e. The van der Waals surface area contributed by atoms with Gasteiger partial charge in [-0.15, -0.1) is 35.3 Å². The molecule has 0 fully saturated rings. The number of para-hydroxylation sites is 1. The Labute approximate surface area is 188 Å². The molecule has 7 heteroatoms. The van der Waals surface area contributed by atoms with Crippen molar-refractivity contribution < 1.29 is 4.79 Å². The first-order valence-corrected chi connectivity index (χ1v) is 10.5. The van der Waals surface area contributed by atoms with Gasteiger partial charge in [0.15, 0.2) is 5.96 Å². The van der Waals surface area contributed by atoms with E-state index in [1.54, 1.807) is 11.3 Å². The summed E-state index contributed by atoms with van der Waals surface area (Å²) in [5, 5.41) is 5.40. The number of likely N-dealkylation sites (N-methyl/N-ethyl adjacent to an activating group) is 1. The number of rotatable bonds is 6. The van der Waals surface area contributed by atoms with Crippen molar-refractivity contribution in [2.75, 3.05) is 38.1 Å². The number of thiophene rings is 1. The summed E-state index contributed by atoms with van der Waals surface area (Å²) in [6.45, 7) is 4.64. The highest BCUT2D eigenvalue weighted by molar-refractivity contribution is 14.0. The largest absolute Gasteiger partial charge is 0.357 e. The van der Waals surface area contributed by atoms with E-state index in [0.29, 0.717) is 0 Å². The van der Waals surface area contributed by atoms with Crippen molar-refractivity contribution in [3.05, 3.63) is 52.2 Å². The van der Waals surface area contributed by atoms with Gasteiger partial charge < -0.3 is 15.1 Å². The average Bonchev–Trinajstić information content (AvgIpc) is 3.22. The number of anilines is 1. The maximum atomic E-state index is 12.8. The molecule has 1 amide bonds. The van der Waals surface area contributed by atoms with Crippen molar-refractivity contribution in [1.29, 1.82) is 0 Å². The lowest BCUT2D eigenvalue weighted by molar-refractivity contribution is -0.117. The molecule has 0 unspecified atom stereocenters. The number of aliphatic imine (C=N–C) groups is 1. The van der Waals surface area contributed by atoms with Crippen molar-refractivity contribution >= 4 is 52.9 Å². The molecule has 0 aliphatic carbocycles. The summed E-state index contributed by atoms with van der Waals surface area (Å²) in [7, 11) is 2.02. The standard InChI is InChI=1S/C21H28N4OS.HI/c1-3-22-21(24(2)14-12-18-10-7-15-27-18)23-16-20(26)25-13-6-9-17-8-4-5-11-19(17)25;/h4-5,7-8,10-11,15H,3,6,9,12-14,16H2,1-2H3,(H,22,23);1H. The van der Waals surface area contributed by atoms with E-state index in [-0.39, 0.29) is 36.4 Å². The van der Waals surface area contributed by atoms with Crippen molar-refractivity contribution in [3.8, 4) is 0 Å². The molecule has 5 nitrogen and oxygen atoms in total. The van der Waals surface area contributed by atoms with Gasteiger partial charge in [0, 0.05) is 37.2 Å². The van der Waals surface area contributed by atoms with Gasteiger partial charge in [-0.05, 0) is 49.3 Å². The summed E-state index contributed by atoms with van der Waals surface area (Å²) in [5.41, 5.74) is 2.29. The predicted molar refractivity (Wildman–Crippen MR) is 129 cm³/mol. The first kappa shape index (κ1) is 22.7. The van der Waals surface area contributed by atoms with Gasteiger partial charge in [0.1, 0.15) is 6.54 Å². The second-order valence-corrected chi connectivity index (χ2v) is 7.73. The van der Waals surface area contributed by atoms with Gasteiger partial charge in [0.2, 0.25) is 5.91 Å². The zero-order chi connectivity index (χ0) is 19.1. The van der Waals surface area contributed by atoms with Crippen LogP contribution in [0.4, 0.5) is 5.69 Å². The molecule has 1 aliphatic heterocycles. The Morgan fingerprint density at radius 3 is 2.86 bits per heavy atom. The number of guanidine groups is 1. The normalized spacial score (nSPS) is 13.5. The molecule has 2 aromatic rings. The third kappa shape index (κ3) is 5.94. The summed E-state index contributed by atoms with van der Waals surface area (Å²) in [4.78, 5) is 22.8. The highest BCUT2D eigenvalue weighted by Gasteiger charge is 2.22. The Morgan fingerprint density at radius 1 is 1.29 bits per heavy atom. The minimum Gasteiger partial charge on any atom is -0.357 e. The Bertz CT molecular complexity index is 778. The molecule has 1 aromatic carbocycles. The molecule has 2 heterocycles. The quantitative estimate of drug-likeness (QED) is 0.364. The molecule has 28 heavy (non-hydrogen) atoms. The molecule has 1 N–H and O–H groups in total. The smallest absolute Gasteiger partial charge is 0.248 e. The number of halogens is 1. The molecule has 0 bridgehead atoms. The van der Waals surface area contributed by atoms with Crippen LogP contribution in [0.1, 0.15) is 23.8 Å². The summed E-state index contributed by atoms with van der Waals surface area (Å²) in [6.07, 6.45) is 3.02. The number of nitrogens with zero attached hydrogens (tertiary/aromatic N) is 3. The fourth-order valence-corrected chi connectivity index (χ4v) is 4.03. The second-order valence-electron chi connectivity index (χ2n) is 6.70. The number of hydrogen-bond donors (Lipinski definition) is 1. The molecule has 0 radical (unpaired) electrons. The zero-order valence-corrected chi connectivity index (χ0v) is 19.7. The van der Waals surface area contributed by atoms with E-state index in [9.17, 15) is 4.79 Å². The molecule has 0 saturated carbocycles. The molecular formula is C21H29IN4OS. The number of nitrogens with one attached hydrogen (secondary N) is 1. The number of amides is 1. The van der Waals surface area contributed by atoms with Crippen molar-refractivity contribution in [2.24, 2.45) is 4.99 Å². The molecule has 3 rings (SSSR count). The van der Waals surface area contributed by atoms with Gasteiger partial charge >= 0.3 is 0 Å². The molecule has 1 aliphatic rings. The third-order valence-electron chi connectivity index (χ3n) is 4.75. The average molecular weight is 512 g/mol. The monoisotopic (exact) mass is 512 g/mol. The zero-order valence-electron chi connectivity index (χ0n) is 16.6. The maximum absolute atomic E-state index is 12.8. The van der Waals surface area contributed by atoms with Crippen LogP contribution in [0.25, 0.3) is 0 Å². The summed E-state index contributed by atoms with van der Waals surface area (Å²) < 4.78 is 0. The SMILES string of the molecule is CCNC(=NCC(=O)N1CCCc2ccccc21)N(C)CCc1cccs1.I. The number of carbonyl (C=O) groups excluding carboxylic acids is 1. The van der Waals surface area contributed by atoms with E-state index >= 15 is 0 Å². The summed E-state index contributed by atoms with van der Waals surface area (Å²) in [6, 6.07) is 12.4. The Kier molecular flexibility index (Phi) is 9.24. The van der Waals surface area contributed by atoms with Crippen LogP contribution < -0.4 is 10.2 Å². The molecule has 1 aromatic heterocycles. The van der Waals surface area contributed by atoms with E-state index in [4.69, 9.17) is 0 Å². The third-order valence-corrected chi connectivity index (χ3v) is 5.68. The lowest BCUT2D eigenvalue weighted by Gasteiger charge is -2.29. The molecule has 0 spiro atoms. The second kappa shape index (κ2) is 11.4. The van der Waals surface area contributed by atoms with Crippen LogP contribution in [0.5, 0.6) is 0 Å². The van der Waals surface area contributed by atoms with Gasteiger partial charge in [0.05, 0.1) is 0 Å². The minimum atomic E-state index is 0. The molecular weight excluding hydrogens is 483 g/mol. The number of benzene rings is 1. The van der Waals surface area contributed by atoms with Gasteiger partial charge in [-0.25, -0.2) is 4.99 Å². The lowest BCUT2D eigenvalue weighted by Crippen LogP contribution is -2.42. The predicted octanol–water partition coefficient (Wildman–Crippen LogP) is 3.79. The first-order chi connectivity index (χ1) is 13.2. The van der Waals surface area contributed by atoms with E-state index in [1.807, 2.05) is 37.1 Å². The van der Waals surface area contributed by atoms with Crippen LogP contribution in [0.3, 0.4) is 0 Å². The molecule has 0 atom stereocenters. The minimum absolute atomic E-state index is 0. The van der Waals surface area contributed by atoms with Crippen LogP contribution >= 0.6 is 35.3 Å². The number of hydrogen-bond acceptors (Lipinski definition) is 3. The van der Waals surface area contributed by atoms with Crippen LogP contribution in [0, 0.1) is 0 Å². The van der Waals surface area contributed by atoms with E-state index in [0.717, 1.165) is 50.5 Å². The van der Waals surface area contributed by atoms with Crippen LogP contribution in [0.15, 0.2) is 46.8 Å². The number of aryl methyl sites for hydroxylation is 1. The fourth-order valence-electron chi connectivity index (χ4n) is 3.33. The highest BCUT2D eigenvalue weighted by atomic mass is 127. The van der Waals surface area contributed by atoms with Gasteiger partial charge in [-0.1, -0.05) is 24.3 Å². The van der Waals surface area contributed by atoms with Gasteiger partial charge in [-0.2, -0.15) is 0 Å². The molecule has 152 valence electrons. The molecule has 0 saturated heterocycles.